The molecule has 3 rings (SSSR count). The molecule has 9 nitrogen and oxygen atoms in total. The molecular formula is C22H32N6O3S2. The van der Waals surface area contributed by atoms with Gasteiger partial charge in [-0.15, -0.1) is 0 Å². The second kappa shape index (κ2) is 9.86. The minimum atomic E-state index is -3.58. The van der Waals surface area contributed by atoms with Crippen molar-refractivity contribution in [1.29, 1.82) is 0 Å². The third kappa shape index (κ3) is 4.80. The van der Waals surface area contributed by atoms with Crippen LogP contribution in [0.25, 0.3) is 11.0 Å². The van der Waals surface area contributed by atoms with E-state index in [9.17, 15) is 13.2 Å². The predicted molar refractivity (Wildman–Crippen MR) is 132 cm³/mol. The first-order valence-corrected chi connectivity index (χ1v) is 13.3. The summed E-state index contributed by atoms with van der Waals surface area (Å²) >= 11 is 1.35. The van der Waals surface area contributed by atoms with Crippen molar-refractivity contribution in [3.63, 3.8) is 0 Å². The van der Waals surface area contributed by atoms with Gasteiger partial charge in [-0.1, -0.05) is 25.6 Å². The number of hydrogen-bond donors (Lipinski definition) is 1. The third-order valence-corrected chi connectivity index (χ3v) is 8.89. The van der Waals surface area contributed by atoms with Crippen LogP contribution in [-0.2, 0) is 28.4 Å². The number of anilines is 1. The fraction of sp³-hybridized carbons (Fsp3) is 0.500. The van der Waals surface area contributed by atoms with E-state index in [1.54, 1.807) is 22.9 Å². The summed E-state index contributed by atoms with van der Waals surface area (Å²) in [5.41, 5.74) is 3.82. The average molecular weight is 493 g/mol. The number of sulfonamides is 1. The van der Waals surface area contributed by atoms with E-state index in [2.05, 4.69) is 15.4 Å². The standard InChI is InChI=1S/C22H32N6O3S2/c1-8-27(9-2)33(30,31)17-11-12-19-18(13-17)23-22(28(19)10-3)32-16(6)21(29)24-20-14(4)25-26(7)15(20)5/h11-13,16H,8-10H2,1-7H3,(H,24,29)/t16-/m1/s1. The lowest BCUT2D eigenvalue weighted by atomic mass is 10.3. The van der Waals surface area contributed by atoms with E-state index in [1.165, 1.54) is 16.1 Å². The molecule has 0 saturated heterocycles. The van der Waals surface area contributed by atoms with Crippen molar-refractivity contribution in [2.45, 2.75) is 63.4 Å². The number of amides is 1. The molecule has 2 aromatic heterocycles. The molecule has 0 saturated carbocycles. The molecule has 2 heterocycles. The zero-order valence-electron chi connectivity index (χ0n) is 20.2. The van der Waals surface area contributed by atoms with Crippen molar-refractivity contribution in [2.24, 2.45) is 7.05 Å². The second-order valence-corrected chi connectivity index (χ2v) is 11.0. The predicted octanol–water partition coefficient (Wildman–Crippen LogP) is 3.56. The van der Waals surface area contributed by atoms with Crippen LogP contribution in [0.1, 0.15) is 39.1 Å². The Bertz CT molecular complexity index is 1280. The summed E-state index contributed by atoms with van der Waals surface area (Å²) in [6.45, 7) is 12.7. The highest BCUT2D eigenvalue weighted by molar-refractivity contribution is 8.00. The van der Waals surface area contributed by atoms with Gasteiger partial charge >= 0.3 is 0 Å². The Kier molecular flexibility index (Phi) is 7.55. The summed E-state index contributed by atoms with van der Waals surface area (Å²) in [5.74, 6) is -0.140. The summed E-state index contributed by atoms with van der Waals surface area (Å²) < 4.78 is 31.0. The second-order valence-electron chi connectivity index (χ2n) is 7.80. The Morgan fingerprint density at radius 3 is 2.42 bits per heavy atom. The number of benzene rings is 1. The van der Waals surface area contributed by atoms with Crippen molar-refractivity contribution < 1.29 is 13.2 Å². The van der Waals surface area contributed by atoms with E-state index in [4.69, 9.17) is 0 Å². The van der Waals surface area contributed by atoms with E-state index in [1.807, 2.05) is 53.2 Å². The first-order valence-electron chi connectivity index (χ1n) is 11.0. The molecule has 1 aromatic carbocycles. The Morgan fingerprint density at radius 1 is 1.21 bits per heavy atom. The van der Waals surface area contributed by atoms with Crippen LogP contribution in [0.4, 0.5) is 5.69 Å². The number of thioether (sulfide) groups is 1. The van der Waals surface area contributed by atoms with Gasteiger partial charge in [0.2, 0.25) is 15.9 Å². The van der Waals surface area contributed by atoms with Crippen LogP contribution in [0.15, 0.2) is 28.3 Å². The van der Waals surface area contributed by atoms with E-state index in [0.717, 1.165) is 22.6 Å². The van der Waals surface area contributed by atoms with Crippen LogP contribution in [0, 0.1) is 13.8 Å². The molecule has 0 radical (unpaired) electrons. The number of fused-ring (bicyclic) bond motifs is 1. The van der Waals surface area contributed by atoms with Gasteiger partial charge in [-0.25, -0.2) is 13.4 Å². The van der Waals surface area contributed by atoms with E-state index >= 15 is 0 Å². The molecule has 180 valence electrons. The van der Waals surface area contributed by atoms with Gasteiger partial charge in [-0.3, -0.25) is 9.48 Å². The number of imidazole rings is 1. The van der Waals surface area contributed by atoms with E-state index in [0.29, 0.717) is 30.3 Å². The zero-order chi connectivity index (χ0) is 24.5. The molecule has 0 fully saturated rings. The van der Waals surface area contributed by atoms with Crippen LogP contribution in [0.5, 0.6) is 0 Å². The quantitative estimate of drug-likeness (QED) is 0.458. The maximum absolute atomic E-state index is 12.9. The number of rotatable bonds is 9. The smallest absolute Gasteiger partial charge is 0.243 e. The number of carbonyl (C=O) groups is 1. The molecular weight excluding hydrogens is 460 g/mol. The lowest BCUT2D eigenvalue weighted by Gasteiger charge is -2.18. The van der Waals surface area contributed by atoms with Crippen molar-refractivity contribution in [3.8, 4) is 0 Å². The molecule has 0 spiro atoms. The summed E-state index contributed by atoms with van der Waals surface area (Å²) in [6, 6.07) is 5.04. The number of nitrogens with one attached hydrogen (secondary N) is 1. The number of aromatic nitrogens is 4. The molecule has 0 aliphatic rings. The molecule has 1 N–H and O–H groups in total. The Morgan fingerprint density at radius 2 is 1.88 bits per heavy atom. The molecule has 0 aliphatic heterocycles. The summed E-state index contributed by atoms with van der Waals surface area (Å²) in [6.07, 6.45) is 0. The first-order chi connectivity index (χ1) is 15.5. The SMILES string of the molecule is CCN(CC)S(=O)(=O)c1ccc2c(c1)nc(S[C@H](C)C(=O)Nc1c(C)nn(C)c1C)n2CC. The maximum Gasteiger partial charge on any atom is 0.243 e. The number of aryl methyl sites for hydroxylation is 3. The highest BCUT2D eigenvalue weighted by Gasteiger charge is 2.25. The van der Waals surface area contributed by atoms with E-state index in [-0.39, 0.29) is 10.8 Å². The van der Waals surface area contributed by atoms with Crippen molar-refractivity contribution in [3.05, 3.63) is 29.6 Å². The van der Waals surface area contributed by atoms with E-state index < -0.39 is 15.3 Å². The van der Waals surface area contributed by atoms with Crippen LogP contribution >= 0.6 is 11.8 Å². The fourth-order valence-electron chi connectivity index (χ4n) is 3.75. The van der Waals surface area contributed by atoms with Gasteiger partial charge in [0.15, 0.2) is 5.16 Å². The zero-order valence-corrected chi connectivity index (χ0v) is 21.8. The Balaban J connectivity index is 1.89. The fourth-order valence-corrected chi connectivity index (χ4v) is 6.21. The molecule has 3 aromatic rings. The minimum absolute atomic E-state index is 0.140. The lowest BCUT2D eigenvalue weighted by molar-refractivity contribution is -0.115. The highest BCUT2D eigenvalue weighted by atomic mass is 32.2. The normalized spacial score (nSPS) is 13.1. The summed E-state index contributed by atoms with van der Waals surface area (Å²) in [4.78, 5) is 17.8. The Hall–Kier alpha value is -2.37. The van der Waals surface area contributed by atoms with Gasteiger partial charge in [0.05, 0.1) is 38.3 Å². The largest absolute Gasteiger partial charge is 0.322 e. The van der Waals surface area contributed by atoms with Crippen LogP contribution in [-0.4, -0.2) is 56.3 Å². The number of carbonyl (C=O) groups excluding carboxylic acids is 1. The van der Waals surface area contributed by atoms with Crippen LogP contribution in [0.3, 0.4) is 0 Å². The van der Waals surface area contributed by atoms with Crippen molar-refractivity contribution in [1.82, 2.24) is 23.6 Å². The van der Waals surface area contributed by atoms with Gasteiger partial charge in [0.25, 0.3) is 0 Å². The average Bonchev–Trinajstić information content (AvgIpc) is 3.24. The van der Waals surface area contributed by atoms with Crippen LogP contribution in [0.2, 0.25) is 0 Å². The molecule has 0 aliphatic carbocycles. The highest BCUT2D eigenvalue weighted by Crippen LogP contribution is 2.30. The van der Waals surface area contributed by atoms with Crippen molar-refractivity contribution in [2.75, 3.05) is 18.4 Å². The maximum atomic E-state index is 12.9. The van der Waals surface area contributed by atoms with Gasteiger partial charge in [0.1, 0.15) is 0 Å². The van der Waals surface area contributed by atoms with Gasteiger partial charge in [-0.05, 0) is 45.9 Å². The monoisotopic (exact) mass is 492 g/mol. The summed E-state index contributed by atoms with van der Waals surface area (Å²) in [5, 5.41) is 7.58. The topological polar surface area (TPSA) is 102 Å². The van der Waals surface area contributed by atoms with Crippen molar-refractivity contribution >= 4 is 44.4 Å². The Labute approximate surface area is 199 Å². The number of hydrogen-bond acceptors (Lipinski definition) is 6. The molecule has 0 unspecified atom stereocenters. The van der Waals surface area contributed by atoms with Gasteiger partial charge < -0.3 is 9.88 Å². The van der Waals surface area contributed by atoms with Gasteiger partial charge in [0, 0.05) is 26.7 Å². The number of nitrogens with zero attached hydrogens (tertiary/aromatic N) is 5. The third-order valence-electron chi connectivity index (χ3n) is 5.75. The molecule has 33 heavy (non-hydrogen) atoms. The van der Waals surface area contributed by atoms with Crippen LogP contribution < -0.4 is 5.32 Å². The molecule has 1 amide bonds. The molecule has 0 bridgehead atoms. The summed E-state index contributed by atoms with van der Waals surface area (Å²) in [7, 11) is -1.73. The molecule has 11 heteroatoms. The minimum Gasteiger partial charge on any atom is -0.322 e. The first kappa shape index (κ1) is 25.3. The van der Waals surface area contributed by atoms with Gasteiger partial charge in [-0.2, -0.15) is 9.40 Å². The molecule has 1 atom stereocenters. The lowest BCUT2D eigenvalue weighted by Crippen LogP contribution is -2.30.